The van der Waals surface area contributed by atoms with E-state index >= 15 is 0 Å². The third-order valence-electron chi connectivity index (χ3n) is 5.05. The Labute approximate surface area is 155 Å². The Morgan fingerprint density at radius 3 is 2.59 bits per heavy atom. The Kier molecular flexibility index (Phi) is 4.53. The van der Waals surface area contributed by atoms with E-state index in [-0.39, 0.29) is 17.5 Å². The SMILES string of the molecule is O=C(Nc1[nH]nc2ncc(-c3ccc([N+](=O)[O-])cc3)cc12)C1CCCCC1. The van der Waals surface area contributed by atoms with Crippen molar-refractivity contribution >= 4 is 28.4 Å². The lowest BCUT2D eigenvalue weighted by molar-refractivity contribution is -0.384. The van der Waals surface area contributed by atoms with Crippen molar-refractivity contribution < 1.29 is 9.72 Å². The molecule has 1 amide bonds. The molecule has 8 nitrogen and oxygen atoms in total. The molecule has 1 fully saturated rings. The summed E-state index contributed by atoms with van der Waals surface area (Å²) < 4.78 is 0. The number of H-pyrrole nitrogens is 1. The maximum absolute atomic E-state index is 12.5. The van der Waals surface area contributed by atoms with Crippen LogP contribution in [-0.4, -0.2) is 26.0 Å². The summed E-state index contributed by atoms with van der Waals surface area (Å²) in [7, 11) is 0. The molecule has 2 heterocycles. The molecular formula is C19H19N5O3. The van der Waals surface area contributed by atoms with E-state index in [2.05, 4.69) is 20.5 Å². The number of fused-ring (bicyclic) bond motifs is 1. The topological polar surface area (TPSA) is 114 Å². The first kappa shape index (κ1) is 17.1. The smallest absolute Gasteiger partial charge is 0.269 e. The number of rotatable bonds is 4. The standard InChI is InChI=1S/C19H19N5O3/c25-19(13-4-2-1-3-5-13)21-18-16-10-14(11-20-17(16)22-23-18)12-6-8-15(9-7-12)24(26)27/h6-11,13H,1-5H2,(H2,20,21,22,23,25). The molecule has 27 heavy (non-hydrogen) atoms. The summed E-state index contributed by atoms with van der Waals surface area (Å²) in [5.41, 5.74) is 2.16. The predicted molar refractivity (Wildman–Crippen MR) is 101 cm³/mol. The van der Waals surface area contributed by atoms with Crippen molar-refractivity contribution in [3.63, 3.8) is 0 Å². The van der Waals surface area contributed by atoms with E-state index in [4.69, 9.17) is 0 Å². The van der Waals surface area contributed by atoms with Crippen LogP contribution in [0.5, 0.6) is 0 Å². The van der Waals surface area contributed by atoms with Crippen LogP contribution >= 0.6 is 0 Å². The van der Waals surface area contributed by atoms with Gasteiger partial charge in [0.1, 0.15) is 5.82 Å². The second-order valence-corrected chi connectivity index (χ2v) is 6.82. The summed E-state index contributed by atoms with van der Waals surface area (Å²) in [6.07, 6.45) is 6.88. The maximum atomic E-state index is 12.5. The average molecular weight is 365 g/mol. The van der Waals surface area contributed by atoms with Crippen LogP contribution in [0.2, 0.25) is 0 Å². The number of nitro groups is 1. The second-order valence-electron chi connectivity index (χ2n) is 6.82. The molecule has 2 N–H and O–H groups in total. The van der Waals surface area contributed by atoms with Gasteiger partial charge in [0, 0.05) is 29.8 Å². The van der Waals surface area contributed by atoms with E-state index in [0.29, 0.717) is 11.5 Å². The van der Waals surface area contributed by atoms with Crippen molar-refractivity contribution in [1.82, 2.24) is 15.2 Å². The van der Waals surface area contributed by atoms with Gasteiger partial charge in [-0.25, -0.2) is 4.98 Å². The van der Waals surface area contributed by atoms with Crippen molar-refractivity contribution in [2.45, 2.75) is 32.1 Å². The minimum atomic E-state index is -0.430. The molecule has 0 radical (unpaired) electrons. The summed E-state index contributed by atoms with van der Waals surface area (Å²) in [6, 6.07) is 8.16. The molecule has 0 atom stereocenters. The molecule has 1 aliphatic carbocycles. The van der Waals surface area contributed by atoms with Crippen molar-refractivity contribution in [1.29, 1.82) is 0 Å². The Balaban J connectivity index is 1.60. The highest BCUT2D eigenvalue weighted by Crippen LogP contribution is 2.29. The molecule has 1 aliphatic rings. The van der Waals surface area contributed by atoms with Gasteiger partial charge in [0.2, 0.25) is 5.91 Å². The maximum Gasteiger partial charge on any atom is 0.269 e. The monoisotopic (exact) mass is 365 g/mol. The number of nitrogens with zero attached hydrogens (tertiary/aromatic N) is 3. The highest BCUT2D eigenvalue weighted by atomic mass is 16.6. The molecule has 1 aromatic carbocycles. The molecule has 1 saturated carbocycles. The highest BCUT2D eigenvalue weighted by Gasteiger charge is 2.22. The summed E-state index contributed by atoms with van der Waals surface area (Å²) in [5, 5.41) is 21.5. The van der Waals surface area contributed by atoms with E-state index < -0.39 is 4.92 Å². The number of aromatic amines is 1. The summed E-state index contributed by atoms with van der Waals surface area (Å²) in [4.78, 5) is 27.2. The lowest BCUT2D eigenvalue weighted by atomic mass is 9.89. The van der Waals surface area contributed by atoms with Crippen LogP contribution in [0, 0.1) is 16.0 Å². The van der Waals surface area contributed by atoms with Crippen molar-refractivity contribution in [3.05, 3.63) is 46.6 Å². The van der Waals surface area contributed by atoms with E-state index in [0.717, 1.165) is 42.2 Å². The molecule has 0 unspecified atom stereocenters. The first-order chi connectivity index (χ1) is 13.1. The number of anilines is 1. The molecule has 4 rings (SSSR count). The Morgan fingerprint density at radius 1 is 1.15 bits per heavy atom. The van der Waals surface area contributed by atoms with Gasteiger partial charge in [-0.3, -0.25) is 20.0 Å². The number of benzene rings is 1. The third kappa shape index (κ3) is 3.51. The zero-order valence-electron chi connectivity index (χ0n) is 14.6. The van der Waals surface area contributed by atoms with Gasteiger partial charge in [0.25, 0.3) is 5.69 Å². The van der Waals surface area contributed by atoms with Crippen molar-refractivity contribution in [3.8, 4) is 11.1 Å². The van der Waals surface area contributed by atoms with E-state index in [9.17, 15) is 14.9 Å². The number of hydrogen-bond donors (Lipinski definition) is 2. The van der Waals surface area contributed by atoms with Gasteiger partial charge in [-0.15, -0.1) is 0 Å². The van der Waals surface area contributed by atoms with Crippen LogP contribution < -0.4 is 5.32 Å². The van der Waals surface area contributed by atoms with Crippen LogP contribution in [-0.2, 0) is 4.79 Å². The zero-order valence-corrected chi connectivity index (χ0v) is 14.6. The van der Waals surface area contributed by atoms with Gasteiger partial charge in [0.15, 0.2) is 5.65 Å². The van der Waals surface area contributed by atoms with Crippen LogP contribution in [0.25, 0.3) is 22.2 Å². The number of pyridine rings is 1. The number of nitrogens with one attached hydrogen (secondary N) is 2. The number of non-ortho nitro benzene ring substituents is 1. The minimum Gasteiger partial charge on any atom is -0.310 e. The molecule has 0 aliphatic heterocycles. The molecule has 0 saturated heterocycles. The molecule has 0 bridgehead atoms. The van der Waals surface area contributed by atoms with Crippen molar-refractivity contribution in [2.75, 3.05) is 5.32 Å². The average Bonchev–Trinajstić information content (AvgIpc) is 3.10. The van der Waals surface area contributed by atoms with Crippen LogP contribution in [0.3, 0.4) is 0 Å². The lowest BCUT2D eigenvalue weighted by Gasteiger charge is -2.20. The van der Waals surface area contributed by atoms with Gasteiger partial charge in [-0.1, -0.05) is 19.3 Å². The van der Waals surface area contributed by atoms with Gasteiger partial charge >= 0.3 is 0 Å². The van der Waals surface area contributed by atoms with E-state index in [1.165, 1.54) is 18.6 Å². The van der Waals surface area contributed by atoms with E-state index in [1.807, 2.05) is 6.07 Å². The summed E-state index contributed by atoms with van der Waals surface area (Å²) in [5.74, 6) is 0.598. The fourth-order valence-electron chi connectivity index (χ4n) is 3.52. The number of carbonyl (C=O) groups excluding carboxylic acids is 1. The predicted octanol–water partition coefficient (Wildman–Crippen LogP) is 4.05. The van der Waals surface area contributed by atoms with Gasteiger partial charge in [0.05, 0.1) is 10.3 Å². The van der Waals surface area contributed by atoms with Crippen LogP contribution in [0.1, 0.15) is 32.1 Å². The van der Waals surface area contributed by atoms with Gasteiger partial charge in [-0.2, -0.15) is 5.10 Å². The Morgan fingerprint density at radius 2 is 1.89 bits per heavy atom. The third-order valence-corrected chi connectivity index (χ3v) is 5.05. The number of aromatic nitrogens is 3. The molecule has 0 spiro atoms. The van der Waals surface area contributed by atoms with Gasteiger partial charge < -0.3 is 5.32 Å². The van der Waals surface area contributed by atoms with Crippen molar-refractivity contribution in [2.24, 2.45) is 5.92 Å². The number of amides is 1. The summed E-state index contributed by atoms with van der Waals surface area (Å²) in [6.45, 7) is 0. The number of hydrogen-bond acceptors (Lipinski definition) is 5. The summed E-state index contributed by atoms with van der Waals surface area (Å²) >= 11 is 0. The van der Waals surface area contributed by atoms with Gasteiger partial charge in [-0.05, 0) is 36.6 Å². The second kappa shape index (κ2) is 7.14. The lowest BCUT2D eigenvalue weighted by Crippen LogP contribution is -2.24. The number of carbonyl (C=O) groups is 1. The fourth-order valence-corrected chi connectivity index (χ4v) is 3.52. The molecule has 3 aromatic rings. The highest BCUT2D eigenvalue weighted by molar-refractivity contribution is 6.00. The normalized spacial score (nSPS) is 15.0. The molecule has 8 heteroatoms. The van der Waals surface area contributed by atoms with Crippen LogP contribution in [0.15, 0.2) is 36.5 Å². The quantitative estimate of drug-likeness (QED) is 0.535. The van der Waals surface area contributed by atoms with E-state index in [1.54, 1.807) is 18.3 Å². The molecule has 2 aromatic heterocycles. The number of nitro benzene ring substituents is 1. The Hall–Kier alpha value is -3.29. The molecular weight excluding hydrogens is 346 g/mol. The minimum absolute atomic E-state index is 0.0148. The fraction of sp³-hybridized carbons (Fsp3) is 0.316. The first-order valence-corrected chi connectivity index (χ1v) is 9.01. The Bertz CT molecular complexity index is 990. The molecule has 138 valence electrons. The first-order valence-electron chi connectivity index (χ1n) is 9.01. The largest absolute Gasteiger partial charge is 0.310 e. The van der Waals surface area contributed by atoms with Crippen LogP contribution in [0.4, 0.5) is 11.5 Å². The zero-order chi connectivity index (χ0) is 18.8.